The molecule has 3 saturated carbocycles. The van der Waals surface area contributed by atoms with Gasteiger partial charge in [-0.25, -0.2) is 0 Å². The maximum atomic E-state index is 13.4. The minimum absolute atomic E-state index is 0.0113. The summed E-state index contributed by atoms with van der Waals surface area (Å²) < 4.78 is 0. The number of carbonyl (C=O) groups excluding carboxylic acids is 2. The minimum atomic E-state index is -0.856. The summed E-state index contributed by atoms with van der Waals surface area (Å²) in [6, 6.07) is 7.48. The lowest BCUT2D eigenvalue weighted by molar-refractivity contribution is -0.140. The Kier molecular flexibility index (Phi) is 5.53. The first kappa shape index (κ1) is 22.4. The molecule has 4 aliphatic rings. The third kappa shape index (κ3) is 3.75. The first-order chi connectivity index (χ1) is 15.7. The molecule has 0 bridgehead atoms. The number of rotatable bonds is 4. The lowest BCUT2D eigenvalue weighted by atomic mass is 9.47. The number of amides is 2. The van der Waals surface area contributed by atoms with Crippen LogP contribution >= 0.6 is 0 Å². The number of carboxylic acid groups (broad SMARTS) is 1. The van der Waals surface area contributed by atoms with Gasteiger partial charge in [-0.2, -0.15) is 0 Å². The zero-order valence-electron chi connectivity index (χ0n) is 19.7. The van der Waals surface area contributed by atoms with Crippen molar-refractivity contribution in [2.24, 2.45) is 34.5 Å². The fourth-order valence-corrected chi connectivity index (χ4v) is 8.24. The number of benzene rings is 1. The lowest BCUT2D eigenvalue weighted by Crippen LogP contribution is -2.61. The smallest absolute Gasteiger partial charge is 0.307 e. The molecule has 178 valence electrons. The summed E-state index contributed by atoms with van der Waals surface area (Å²) in [5.41, 5.74) is 1.68. The van der Waals surface area contributed by atoms with E-state index in [4.69, 9.17) is 5.11 Å². The highest BCUT2D eigenvalue weighted by Crippen LogP contribution is 2.65. The molecular weight excluding hydrogens is 416 g/mol. The average Bonchev–Trinajstić information content (AvgIpc) is 3.12. The van der Waals surface area contributed by atoms with Gasteiger partial charge in [-0.1, -0.05) is 26.0 Å². The van der Waals surface area contributed by atoms with Crippen LogP contribution in [0.2, 0.25) is 0 Å². The van der Waals surface area contributed by atoms with Gasteiger partial charge in [-0.15, -0.1) is 0 Å². The Labute approximate surface area is 195 Å². The average molecular weight is 453 g/mol. The van der Waals surface area contributed by atoms with Gasteiger partial charge in [-0.05, 0) is 91.2 Å². The Balaban J connectivity index is 1.29. The van der Waals surface area contributed by atoms with Crippen LogP contribution in [0, 0.1) is 34.5 Å². The molecule has 1 aromatic rings. The maximum Gasteiger partial charge on any atom is 0.307 e. The molecule has 3 N–H and O–H groups in total. The van der Waals surface area contributed by atoms with Gasteiger partial charge in [0, 0.05) is 24.1 Å². The van der Waals surface area contributed by atoms with Gasteiger partial charge in [0.1, 0.15) is 0 Å². The lowest BCUT2D eigenvalue weighted by Gasteiger charge is -2.60. The predicted octanol–water partition coefficient (Wildman–Crippen LogP) is 4.39. The summed E-state index contributed by atoms with van der Waals surface area (Å²) >= 11 is 0. The van der Waals surface area contributed by atoms with Crippen molar-refractivity contribution < 1.29 is 19.5 Å². The Hall–Kier alpha value is -2.37. The summed E-state index contributed by atoms with van der Waals surface area (Å²) in [5.74, 6) is 1.33. The van der Waals surface area contributed by atoms with Gasteiger partial charge in [0.15, 0.2) is 0 Å². The number of nitrogens with one attached hydrogen (secondary N) is 2. The van der Waals surface area contributed by atoms with E-state index in [1.807, 2.05) is 0 Å². The highest BCUT2D eigenvalue weighted by atomic mass is 16.4. The fourth-order valence-electron chi connectivity index (χ4n) is 8.24. The maximum absolute atomic E-state index is 13.4. The zero-order valence-corrected chi connectivity index (χ0v) is 19.7. The van der Waals surface area contributed by atoms with E-state index in [0.29, 0.717) is 30.2 Å². The molecule has 1 aromatic carbocycles. The van der Waals surface area contributed by atoms with Crippen molar-refractivity contribution >= 4 is 23.5 Å². The fraction of sp³-hybridized carbons (Fsp3) is 0.667. The van der Waals surface area contributed by atoms with Gasteiger partial charge in [0.25, 0.3) is 0 Å². The molecular formula is C27H36N2O4. The van der Waals surface area contributed by atoms with Crippen molar-refractivity contribution in [1.82, 2.24) is 5.32 Å². The van der Waals surface area contributed by atoms with Crippen LogP contribution in [0.3, 0.4) is 0 Å². The summed E-state index contributed by atoms with van der Waals surface area (Å²) in [6.07, 6.45) is 8.12. The highest BCUT2D eigenvalue weighted by molar-refractivity contribution is 5.93. The van der Waals surface area contributed by atoms with Crippen molar-refractivity contribution in [1.29, 1.82) is 0 Å². The normalized spacial score (nSPS) is 39.6. The van der Waals surface area contributed by atoms with Crippen LogP contribution in [0.1, 0.15) is 70.8 Å². The van der Waals surface area contributed by atoms with Crippen molar-refractivity contribution in [2.75, 3.05) is 5.32 Å². The van der Waals surface area contributed by atoms with Crippen LogP contribution in [0.5, 0.6) is 0 Å². The number of anilines is 1. The van der Waals surface area contributed by atoms with Gasteiger partial charge < -0.3 is 15.7 Å². The van der Waals surface area contributed by atoms with Gasteiger partial charge in [0.05, 0.1) is 6.42 Å². The Morgan fingerprint density at radius 2 is 1.73 bits per heavy atom. The molecule has 1 heterocycles. The number of piperidine rings is 1. The number of hydrogen-bond donors (Lipinski definition) is 3. The minimum Gasteiger partial charge on any atom is -0.481 e. The topological polar surface area (TPSA) is 95.5 Å². The summed E-state index contributed by atoms with van der Waals surface area (Å²) in [7, 11) is 0. The van der Waals surface area contributed by atoms with Crippen LogP contribution in [0.15, 0.2) is 24.3 Å². The van der Waals surface area contributed by atoms with E-state index in [9.17, 15) is 14.4 Å². The molecule has 6 heteroatoms. The molecule has 0 unspecified atom stereocenters. The molecule has 4 fully saturated rings. The second-order valence-corrected chi connectivity index (χ2v) is 11.5. The molecule has 5 rings (SSSR count). The number of carboxylic acids is 1. The molecule has 7 atom stereocenters. The van der Waals surface area contributed by atoms with E-state index in [-0.39, 0.29) is 35.0 Å². The van der Waals surface area contributed by atoms with Crippen LogP contribution < -0.4 is 10.6 Å². The molecule has 3 aliphatic carbocycles. The van der Waals surface area contributed by atoms with E-state index >= 15 is 0 Å². The standard InChI is InChI=1S/C27H36N2O4/c1-26-13-11-20-18(7-10-22-27(20,2)14-12-23(30)29-22)19(26)8-9-21(26)25(33)28-17-5-3-16(4-6-17)15-24(31)32/h3-6,18-22H,7-15H2,1-2H3,(H,28,33)(H,29,30)(H,31,32)/t18-,19-,20-,21+,22+,26-,27+/m0/s1. The number of carbonyl (C=O) groups is 3. The van der Waals surface area contributed by atoms with Gasteiger partial charge in [0.2, 0.25) is 11.8 Å². The third-order valence-corrected chi connectivity index (χ3v) is 9.99. The molecule has 0 radical (unpaired) electrons. The largest absolute Gasteiger partial charge is 0.481 e. The molecule has 0 aromatic heterocycles. The Morgan fingerprint density at radius 3 is 2.45 bits per heavy atom. The van der Waals surface area contributed by atoms with Gasteiger partial charge >= 0.3 is 5.97 Å². The molecule has 33 heavy (non-hydrogen) atoms. The van der Waals surface area contributed by atoms with Crippen LogP contribution in [0.25, 0.3) is 0 Å². The Morgan fingerprint density at radius 1 is 1.00 bits per heavy atom. The quantitative estimate of drug-likeness (QED) is 0.631. The molecule has 1 aliphatic heterocycles. The van der Waals surface area contributed by atoms with Crippen molar-refractivity contribution in [3.05, 3.63) is 29.8 Å². The summed E-state index contributed by atoms with van der Waals surface area (Å²) in [5, 5.41) is 15.4. The monoisotopic (exact) mass is 452 g/mol. The van der Waals surface area contributed by atoms with Crippen molar-refractivity contribution in [3.63, 3.8) is 0 Å². The third-order valence-electron chi connectivity index (χ3n) is 9.99. The van der Waals surface area contributed by atoms with Crippen molar-refractivity contribution in [3.8, 4) is 0 Å². The molecule has 6 nitrogen and oxygen atoms in total. The van der Waals surface area contributed by atoms with E-state index in [0.717, 1.165) is 56.2 Å². The zero-order chi connectivity index (χ0) is 23.4. The number of hydrogen-bond acceptors (Lipinski definition) is 3. The van der Waals surface area contributed by atoms with E-state index < -0.39 is 5.97 Å². The van der Waals surface area contributed by atoms with Crippen LogP contribution in [-0.2, 0) is 20.8 Å². The molecule has 1 saturated heterocycles. The second kappa shape index (κ2) is 8.14. The number of fused-ring (bicyclic) bond motifs is 5. The van der Waals surface area contributed by atoms with Crippen LogP contribution in [-0.4, -0.2) is 28.9 Å². The first-order valence-corrected chi connectivity index (χ1v) is 12.6. The van der Waals surface area contributed by atoms with E-state index in [2.05, 4.69) is 24.5 Å². The van der Waals surface area contributed by atoms with Gasteiger partial charge in [-0.3, -0.25) is 14.4 Å². The Bertz CT molecular complexity index is 959. The van der Waals surface area contributed by atoms with E-state index in [1.165, 1.54) is 0 Å². The predicted molar refractivity (Wildman–Crippen MR) is 125 cm³/mol. The summed E-state index contributed by atoms with van der Waals surface area (Å²) in [6.45, 7) is 4.75. The van der Waals surface area contributed by atoms with E-state index in [1.54, 1.807) is 24.3 Å². The second-order valence-electron chi connectivity index (χ2n) is 11.5. The van der Waals surface area contributed by atoms with Crippen molar-refractivity contribution in [2.45, 2.75) is 77.7 Å². The SMILES string of the molecule is C[C@]12CCC(=O)N[C@@H]1CC[C@@H]1[C@@H]2CC[C@]2(C)[C@@H](C(=O)Nc3ccc(CC(=O)O)cc3)CC[C@@H]12. The number of aliphatic carboxylic acids is 1. The first-order valence-electron chi connectivity index (χ1n) is 12.6. The van der Waals surface area contributed by atoms with Crippen LogP contribution in [0.4, 0.5) is 5.69 Å². The molecule has 2 amide bonds. The summed E-state index contributed by atoms with van der Waals surface area (Å²) in [4.78, 5) is 36.3. The molecule has 0 spiro atoms. The highest BCUT2D eigenvalue weighted by Gasteiger charge is 2.61.